The smallest absolute Gasteiger partial charge is 0.147 e. The van der Waals surface area contributed by atoms with Gasteiger partial charge in [0.1, 0.15) is 5.82 Å². The number of likely N-dealkylation sites (tertiary alicyclic amines) is 1. The second kappa shape index (κ2) is 7.45. The summed E-state index contributed by atoms with van der Waals surface area (Å²) in [6.45, 7) is 6.64. The van der Waals surface area contributed by atoms with Crippen molar-refractivity contribution in [2.24, 2.45) is 5.41 Å². The Bertz CT molecular complexity index is 668. The Morgan fingerprint density at radius 3 is 2.80 bits per heavy atom. The van der Waals surface area contributed by atoms with Crippen LogP contribution < -0.4 is 4.90 Å². The Morgan fingerprint density at radius 2 is 1.96 bits per heavy atom. The quantitative estimate of drug-likeness (QED) is 0.852. The Balaban J connectivity index is 1.49. The topological polar surface area (TPSA) is 54.4 Å². The van der Waals surface area contributed by atoms with E-state index in [-0.39, 0.29) is 5.41 Å². The Labute approximate surface area is 148 Å². The first-order valence-corrected chi connectivity index (χ1v) is 9.03. The lowest BCUT2D eigenvalue weighted by atomic mass is 9.80. The number of anilines is 1. The van der Waals surface area contributed by atoms with E-state index in [1.165, 1.54) is 18.4 Å². The molecule has 0 saturated carbocycles. The summed E-state index contributed by atoms with van der Waals surface area (Å²) in [5, 5.41) is 0. The van der Waals surface area contributed by atoms with Crippen LogP contribution in [0.3, 0.4) is 0 Å². The highest BCUT2D eigenvalue weighted by Crippen LogP contribution is 2.34. The number of piperidine rings is 1. The maximum atomic E-state index is 6.01. The standard InChI is InChI=1S/C19H25N5O/c1-4-19(14-23(9-1)13-17-2-5-20-6-3-17)15-24(10-11-25-16-19)18-12-21-7-8-22-18/h2-3,5-8,12H,1,4,9-11,13-16H2/t19-/m0/s1. The van der Waals surface area contributed by atoms with E-state index in [4.69, 9.17) is 4.74 Å². The van der Waals surface area contributed by atoms with E-state index < -0.39 is 0 Å². The van der Waals surface area contributed by atoms with Crippen LogP contribution in [0.1, 0.15) is 18.4 Å². The van der Waals surface area contributed by atoms with Gasteiger partial charge in [-0.1, -0.05) is 0 Å². The van der Waals surface area contributed by atoms with Gasteiger partial charge in [0.15, 0.2) is 0 Å². The van der Waals surface area contributed by atoms with Crippen molar-refractivity contribution in [1.29, 1.82) is 0 Å². The van der Waals surface area contributed by atoms with Gasteiger partial charge in [-0.05, 0) is 37.1 Å². The number of pyridine rings is 1. The van der Waals surface area contributed by atoms with Gasteiger partial charge in [0.2, 0.25) is 0 Å². The Kier molecular flexibility index (Phi) is 4.90. The van der Waals surface area contributed by atoms with Gasteiger partial charge in [-0.25, -0.2) is 4.98 Å². The zero-order valence-corrected chi connectivity index (χ0v) is 14.5. The van der Waals surface area contributed by atoms with Crippen LogP contribution in [0.15, 0.2) is 43.1 Å². The molecule has 0 radical (unpaired) electrons. The summed E-state index contributed by atoms with van der Waals surface area (Å²) in [5.74, 6) is 0.957. The average molecular weight is 339 g/mol. The molecule has 2 aromatic heterocycles. The van der Waals surface area contributed by atoms with Crippen LogP contribution in [-0.2, 0) is 11.3 Å². The highest BCUT2D eigenvalue weighted by Gasteiger charge is 2.39. The molecule has 0 N–H and O–H groups in total. The predicted octanol–water partition coefficient (Wildman–Crippen LogP) is 1.99. The molecule has 0 unspecified atom stereocenters. The molecule has 25 heavy (non-hydrogen) atoms. The van der Waals surface area contributed by atoms with Gasteiger partial charge >= 0.3 is 0 Å². The van der Waals surface area contributed by atoms with Gasteiger partial charge in [0, 0.05) is 56.4 Å². The third-order valence-corrected chi connectivity index (χ3v) is 5.21. The van der Waals surface area contributed by atoms with Crippen LogP contribution >= 0.6 is 0 Å². The third kappa shape index (κ3) is 3.96. The molecule has 6 nitrogen and oxygen atoms in total. The van der Waals surface area contributed by atoms with Gasteiger partial charge < -0.3 is 9.64 Å². The SMILES string of the molecule is c1cc(CN2CCC[C@]3(COCCN(c4cnccn4)C3)C2)ccn1. The van der Waals surface area contributed by atoms with Crippen molar-refractivity contribution in [2.45, 2.75) is 19.4 Å². The normalized spacial score (nSPS) is 25.0. The first-order valence-electron chi connectivity index (χ1n) is 9.03. The maximum absolute atomic E-state index is 6.01. The summed E-state index contributed by atoms with van der Waals surface area (Å²) in [5.41, 5.74) is 1.49. The van der Waals surface area contributed by atoms with Crippen molar-refractivity contribution < 1.29 is 4.74 Å². The van der Waals surface area contributed by atoms with Gasteiger partial charge in [-0.2, -0.15) is 0 Å². The van der Waals surface area contributed by atoms with Crippen molar-refractivity contribution >= 4 is 5.82 Å². The minimum absolute atomic E-state index is 0.166. The van der Waals surface area contributed by atoms with Crippen LogP contribution in [0.4, 0.5) is 5.82 Å². The molecule has 2 aliphatic heterocycles. The van der Waals surface area contributed by atoms with Crippen molar-refractivity contribution in [1.82, 2.24) is 19.9 Å². The number of hydrogen-bond donors (Lipinski definition) is 0. The molecular formula is C19H25N5O. The number of aromatic nitrogens is 3. The van der Waals surface area contributed by atoms with E-state index in [0.717, 1.165) is 51.8 Å². The lowest BCUT2D eigenvalue weighted by Crippen LogP contribution is -2.50. The van der Waals surface area contributed by atoms with Crippen molar-refractivity contribution in [3.63, 3.8) is 0 Å². The van der Waals surface area contributed by atoms with Gasteiger partial charge in [0.05, 0.1) is 19.4 Å². The van der Waals surface area contributed by atoms with E-state index >= 15 is 0 Å². The molecule has 0 aromatic carbocycles. The molecule has 2 saturated heterocycles. The van der Waals surface area contributed by atoms with Crippen LogP contribution in [0, 0.1) is 5.41 Å². The summed E-state index contributed by atoms with van der Waals surface area (Å²) in [6, 6.07) is 4.22. The van der Waals surface area contributed by atoms with Crippen molar-refractivity contribution in [3.8, 4) is 0 Å². The largest absolute Gasteiger partial charge is 0.379 e. The number of nitrogens with zero attached hydrogens (tertiary/aromatic N) is 5. The zero-order valence-electron chi connectivity index (χ0n) is 14.5. The molecule has 6 heteroatoms. The van der Waals surface area contributed by atoms with Crippen LogP contribution in [0.25, 0.3) is 0 Å². The molecule has 2 aliphatic rings. The minimum Gasteiger partial charge on any atom is -0.379 e. The van der Waals surface area contributed by atoms with Crippen LogP contribution in [0.5, 0.6) is 0 Å². The highest BCUT2D eigenvalue weighted by molar-refractivity contribution is 5.36. The fraction of sp³-hybridized carbons (Fsp3) is 0.526. The molecule has 2 fully saturated rings. The monoisotopic (exact) mass is 339 g/mol. The van der Waals surface area contributed by atoms with E-state index in [9.17, 15) is 0 Å². The molecule has 0 bridgehead atoms. The summed E-state index contributed by atoms with van der Waals surface area (Å²) in [6.07, 6.45) is 11.5. The Morgan fingerprint density at radius 1 is 1.04 bits per heavy atom. The molecule has 4 heterocycles. The third-order valence-electron chi connectivity index (χ3n) is 5.21. The van der Waals surface area contributed by atoms with Gasteiger partial charge in [-0.3, -0.25) is 14.9 Å². The molecule has 1 spiro atoms. The number of hydrogen-bond acceptors (Lipinski definition) is 6. The summed E-state index contributed by atoms with van der Waals surface area (Å²) >= 11 is 0. The first kappa shape index (κ1) is 16.4. The fourth-order valence-electron chi connectivity index (χ4n) is 4.08. The lowest BCUT2D eigenvalue weighted by Gasteiger charge is -2.43. The number of rotatable bonds is 3. The predicted molar refractivity (Wildman–Crippen MR) is 96.2 cm³/mol. The van der Waals surface area contributed by atoms with Crippen LogP contribution in [0.2, 0.25) is 0 Å². The highest BCUT2D eigenvalue weighted by atomic mass is 16.5. The maximum Gasteiger partial charge on any atom is 0.147 e. The van der Waals surface area contributed by atoms with E-state index in [1.807, 2.05) is 18.6 Å². The summed E-state index contributed by atoms with van der Waals surface area (Å²) in [4.78, 5) is 17.8. The average Bonchev–Trinajstić information content (AvgIpc) is 2.86. The van der Waals surface area contributed by atoms with E-state index in [0.29, 0.717) is 0 Å². The fourth-order valence-corrected chi connectivity index (χ4v) is 4.08. The molecule has 132 valence electrons. The minimum atomic E-state index is 0.166. The van der Waals surface area contributed by atoms with Gasteiger partial charge in [-0.15, -0.1) is 0 Å². The molecule has 0 aliphatic carbocycles. The summed E-state index contributed by atoms with van der Waals surface area (Å²) in [7, 11) is 0. The molecule has 0 amide bonds. The zero-order chi connectivity index (χ0) is 17.0. The Hall–Kier alpha value is -2.05. The van der Waals surface area contributed by atoms with Crippen molar-refractivity contribution in [2.75, 3.05) is 44.3 Å². The molecule has 1 atom stereocenters. The summed E-state index contributed by atoms with van der Waals surface area (Å²) < 4.78 is 6.01. The molecular weight excluding hydrogens is 314 g/mol. The second-order valence-corrected chi connectivity index (χ2v) is 7.21. The number of ether oxygens (including phenoxy) is 1. The van der Waals surface area contributed by atoms with E-state index in [2.05, 4.69) is 36.9 Å². The molecule has 4 rings (SSSR count). The second-order valence-electron chi connectivity index (χ2n) is 7.21. The van der Waals surface area contributed by atoms with Crippen LogP contribution in [-0.4, -0.2) is 59.2 Å². The lowest BCUT2D eigenvalue weighted by molar-refractivity contribution is 0.0106. The molecule has 2 aromatic rings. The van der Waals surface area contributed by atoms with Crippen molar-refractivity contribution in [3.05, 3.63) is 48.7 Å². The van der Waals surface area contributed by atoms with E-state index in [1.54, 1.807) is 12.4 Å². The first-order chi connectivity index (χ1) is 12.3. The van der Waals surface area contributed by atoms with Gasteiger partial charge in [0.25, 0.3) is 0 Å².